The molecule has 1 unspecified atom stereocenters. The number of imidazole rings is 1. The van der Waals surface area contributed by atoms with Crippen LogP contribution in [0.25, 0.3) is 16.8 Å². The molecule has 1 aliphatic heterocycles. The minimum absolute atomic E-state index is 0.534. The first-order valence-electron chi connectivity index (χ1n) is 7.16. The maximum Gasteiger partial charge on any atom is 0.167 e. The van der Waals surface area contributed by atoms with E-state index >= 15 is 0 Å². The second-order valence-corrected chi connectivity index (χ2v) is 7.20. The summed E-state index contributed by atoms with van der Waals surface area (Å²) in [5.41, 5.74) is 4.40. The van der Waals surface area contributed by atoms with Gasteiger partial charge in [0.2, 0.25) is 0 Å². The molecule has 0 aliphatic carbocycles. The number of rotatable bonds is 3. The van der Waals surface area contributed by atoms with Gasteiger partial charge < -0.3 is 5.32 Å². The fourth-order valence-corrected chi connectivity index (χ4v) is 4.64. The summed E-state index contributed by atoms with van der Waals surface area (Å²) >= 11 is 2.28. The molecule has 1 N–H and O–H groups in total. The topological polar surface area (TPSA) is 47.2 Å². The molecule has 4 rings (SSSR count). The van der Waals surface area contributed by atoms with Crippen LogP contribution in [0.1, 0.15) is 25.0 Å². The van der Waals surface area contributed by atoms with Crippen molar-refractivity contribution in [1.29, 1.82) is 0 Å². The van der Waals surface area contributed by atoms with Gasteiger partial charge in [-0.2, -0.15) is 0 Å². The summed E-state index contributed by atoms with van der Waals surface area (Å²) in [4.78, 5) is 9.13. The maximum atomic E-state index is 4.57. The number of nitrogens with zero attached hydrogens (tertiary/aromatic N) is 4. The van der Waals surface area contributed by atoms with Crippen molar-refractivity contribution in [3.05, 3.63) is 30.4 Å². The Balaban J connectivity index is 1.95. The molecule has 0 amide bonds. The van der Waals surface area contributed by atoms with Crippen LogP contribution in [0.4, 0.5) is 0 Å². The van der Waals surface area contributed by atoms with Crippen molar-refractivity contribution < 1.29 is 0 Å². The van der Waals surface area contributed by atoms with E-state index < -0.39 is 0 Å². The van der Waals surface area contributed by atoms with Crippen molar-refractivity contribution in [3.63, 3.8) is 0 Å². The Hall–Kier alpha value is -0.800. The summed E-state index contributed by atoms with van der Waals surface area (Å²) in [6, 6.07) is 2.13. The quantitative estimate of drug-likeness (QED) is 0.670. The zero-order chi connectivity index (χ0) is 14.4. The Kier molecular flexibility index (Phi) is 3.58. The molecule has 2 atom stereocenters. The average molecular weight is 413 g/mol. The molecule has 7 heteroatoms. The standard InChI is InChI=1S/C14H16IN5S/c1-2-9-5-16-6-10(9)12-7-17-13-8-18-14-11(20(12)13)3-4-19(14)21-15/h3-4,7-10,16H,2,5-6H2,1H3/t9-,10?/m1/s1. The third kappa shape index (κ3) is 2.08. The van der Waals surface area contributed by atoms with E-state index in [1.165, 1.54) is 12.1 Å². The van der Waals surface area contributed by atoms with Crippen LogP contribution >= 0.6 is 30.3 Å². The molecule has 0 saturated carbocycles. The molecule has 1 aliphatic rings. The first kappa shape index (κ1) is 13.8. The molecule has 0 radical (unpaired) electrons. The van der Waals surface area contributed by atoms with Gasteiger partial charge in [-0.15, -0.1) is 0 Å². The molecular weight excluding hydrogens is 397 g/mol. The molecule has 5 nitrogen and oxygen atoms in total. The van der Waals surface area contributed by atoms with Crippen molar-refractivity contribution in [2.24, 2.45) is 5.92 Å². The minimum atomic E-state index is 0.534. The first-order valence-corrected chi connectivity index (χ1v) is 10.5. The van der Waals surface area contributed by atoms with Gasteiger partial charge in [-0.25, -0.2) is 9.97 Å². The number of halogens is 1. The van der Waals surface area contributed by atoms with Gasteiger partial charge in [0.15, 0.2) is 11.3 Å². The van der Waals surface area contributed by atoms with Crippen LogP contribution in [0, 0.1) is 5.92 Å². The Morgan fingerprint density at radius 1 is 1.38 bits per heavy atom. The zero-order valence-corrected chi connectivity index (χ0v) is 14.6. The monoisotopic (exact) mass is 413 g/mol. The summed E-state index contributed by atoms with van der Waals surface area (Å²) in [7, 11) is 1.64. The Labute approximate surface area is 139 Å². The molecule has 1 fully saturated rings. The number of nitrogens with one attached hydrogen (secondary N) is 1. The second kappa shape index (κ2) is 5.44. The Morgan fingerprint density at radius 3 is 3.10 bits per heavy atom. The molecule has 0 spiro atoms. The van der Waals surface area contributed by atoms with Crippen LogP contribution in [0.5, 0.6) is 0 Å². The van der Waals surface area contributed by atoms with Crippen molar-refractivity contribution in [2.75, 3.05) is 13.1 Å². The van der Waals surface area contributed by atoms with Crippen molar-refractivity contribution >= 4 is 47.1 Å². The van der Waals surface area contributed by atoms with Gasteiger partial charge in [0.25, 0.3) is 0 Å². The van der Waals surface area contributed by atoms with Crippen molar-refractivity contribution in [3.8, 4) is 0 Å². The average Bonchev–Trinajstić information content (AvgIpc) is 3.22. The predicted molar refractivity (Wildman–Crippen MR) is 94.9 cm³/mol. The molecule has 21 heavy (non-hydrogen) atoms. The molecule has 3 aromatic rings. The Morgan fingerprint density at radius 2 is 2.29 bits per heavy atom. The lowest BCUT2D eigenvalue weighted by atomic mass is 9.91. The van der Waals surface area contributed by atoms with E-state index in [4.69, 9.17) is 0 Å². The number of fused-ring (bicyclic) bond motifs is 3. The largest absolute Gasteiger partial charge is 0.316 e. The first-order chi connectivity index (χ1) is 10.3. The van der Waals surface area contributed by atoms with Gasteiger partial charge >= 0.3 is 0 Å². The lowest BCUT2D eigenvalue weighted by Crippen LogP contribution is -2.12. The summed E-state index contributed by atoms with van der Waals surface area (Å²) in [6.07, 6.45) is 7.18. The summed E-state index contributed by atoms with van der Waals surface area (Å²) in [5.74, 6) is 1.22. The second-order valence-electron chi connectivity index (χ2n) is 5.49. The van der Waals surface area contributed by atoms with Gasteiger partial charge in [-0.1, -0.05) is 13.3 Å². The fraction of sp³-hybridized carbons (Fsp3) is 0.429. The van der Waals surface area contributed by atoms with Crippen LogP contribution in [0.2, 0.25) is 0 Å². The molecule has 3 aromatic heterocycles. The molecule has 4 heterocycles. The molecule has 1 saturated heterocycles. The third-order valence-corrected chi connectivity index (χ3v) is 6.20. The number of hydrogen-bond acceptors (Lipinski definition) is 4. The summed E-state index contributed by atoms with van der Waals surface area (Å²) in [5, 5.41) is 3.52. The van der Waals surface area contributed by atoms with E-state index in [2.05, 4.69) is 64.1 Å². The van der Waals surface area contributed by atoms with Crippen LogP contribution in [0.15, 0.2) is 24.7 Å². The SMILES string of the molecule is CC[C@@H]1CNCC1c1cnc2cnc3c(ccn3SI)n12. The third-order valence-electron chi connectivity index (χ3n) is 4.48. The van der Waals surface area contributed by atoms with Crippen LogP contribution in [0.3, 0.4) is 0 Å². The lowest BCUT2D eigenvalue weighted by Gasteiger charge is -2.16. The van der Waals surface area contributed by atoms with Crippen LogP contribution < -0.4 is 5.32 Å². The highest BCUT2D eigenvalue weighted by Crippen LogP contribution is 2.33. The van der Waals surface area contributed by atoms with Crippen LogP contribution in [-0.2, 0) is 0 Å². The predicted octanol–water partition coefficient (Wildman–Crippen LogP) is 3.24. The van der Waals surface area contributed by atoms with Gasteiger partial charge in [0, 0.05) is 60.9 Å². The molecular formula is C14H16IN5S. The summed E-state index contributed by atoms with van der Waals surface area (Å²) in [6.45, 7) is 4.42. The van der Waals surface area contributed by atoms with Gasteiger partial charge in [0.1, 0.15) is 0 Å². The van der Waals surface area contributed by atoms with E-state index in [1.807, 2.05) is 12.4 Å². The van der Waals surface area contributed by atoms with Crippen LogP contribution in [-0.4, -0.2) is 31.4 Å². The van der Waals surface area contributed by atoms with E-state index in [0.29, 0.717) is 11.8 Å². The van der Waals surface area contributed by atoms with Crippen molar-refractivity contribution in [1.82, 2.24) is 23.7 Å². The number of aromatic nitrogens is 4. The van der Waals surface area contributed by atoms with E-state index in [0.717, 1.165) is 29.9 Å². The molecule has 110 valence electrons. The maximum absolute atomic E-state index is 4.57. The fourth-order valence-electron chi connectivity index (χ4n) is 3.37. The summed E-state index contributed by atoms with van der Waals surface area (Å²) < 4.78 is 4.37. The van der Waals surface area contributed by atoms with Gasteiger partial charge in [-0.3, -0.25) is 8.37 Å². The van der Waals surface area contributed by atoms with Gasteiger partial charge in [-0.05, 0) is 18.5 Å². The van der Waals surface area contributed by atoms with Crippen molar-refractivity contribution in [2.45, 2.75) is 19.3 Å². The van der Waals surface area contributed by atoms with E-state index in [-0.39, 0.29) is 0 Å². The number of hydrogen-bond donors (Lipinski definition) is 1. The Bertz CT molecular complexity index is 795. The minimum Gasteiger partial charge on any atom is -0.316 e. The molecule has 0 bridgehead atoms. The highest BCUT2D eigenvalue weighted by atomic mass is 127. The van der Waals surface area contributed by atoms with Gasteiger partial charge in [0.05, 0.1) is 11.7 Å². The van der Waals surface area contributed by atoms with E-state index in [1.54, 1.807) is 9.12 Å². The highest BCUT2D eigenvalue weighted by Gasteiger charge is 2.29. The molecule has 0 aromatic carbocycles. The highest BCUT2D eigenvalue weighted by molar-refractivity contribution is 14.2. The lowest BCUT2D eigenvalue weighted by molar-refractivity contribution is 0.493. The normalized spacial score (nSPS) is 22.6. The zero-order valence-electron chi connectivity index (χ0n) is 11.7. The van der Waals surface area contributed by atoms with E-state index in [9.17, 15) is 0 Å². The smallest absolute Gasteiger partial charge is 0.167 e.